The summed E-state index contributed by atoms with van der Waals surface area (Å²) in [6.07, 6.45) is 12.1. The summed E-state index contributed by atoms with van der Waals surface area (Å²) in [6.45, 7) is 6.60. The molecule has 0 saturated heterocycles. The van der Waals surface area contributed by atoms with Crippen molar-refractivity contribution in [1.29, 1.82) is 0 Å². The van der Waals surface area contributed by atoms with Crippen LogP contribution in [0.25, 0.3) is 43.8 Å². The molecule has 3 nitrogen and oxygen atoms in total. The van der Waals surface area contributed by atoms with Crippen LogP contribution in [0.1, 0.15) is 35.6 Å². The highest BCUT2D eigenvalue weighted by Gasteiger charge is 2.32. The minimum atomic E-state index is -0.214. The predicted molar refractivity (Wildman–Crippen MR) is 220 cm³/mol. The average molecular weight is 672 g/mol. The molecule has 0 aromatic heterocycles. The molecule has 0 bridgehead atoms. The molecule has 52 heavy (non-hydrogen) atoms. The Morgan fingerprint density at radius 2 is 1.10 bits per heavy atom. The summed E-state index contributed by atoms with van der Waals surface area (Å²) in [5, 5.41) is 5.13. The second kappa shape index (κ2) is 12.9. The highest BCUT2D eigenvalue weighted by Crippen LogP contribution is 2.39. The van der Waals surface area contributed by atoms with E-state index in [9.17, 15) is 0 Å². The molecule has 1 heterocycles. The molecule has 0 N–H and O–H groups in total. The molecule has 0 radical (unpaired) electrons. The molecule has 3 aliphatic rings. The van der Waals surface area contributed by atoms with Crippen LogP contribution in [-0.2, 0) is 0 Å². The van der Waals surface area contributed by atoms with E-state index in [-0.39, 0.29) is 6.17 Å². The van der Waals surface area contributed by atoms with Crippen molar-refractivity contribution in [3.8, 4) is 22.3 Å². The third-order valence-corrected chi connectivity index (χ3v) is 11.2. The highest BCUT2D eigenvalue weighted by atomic mass is 15.3. The number of hydrogen-bond acceptors (Lipinski definition) is 3. The minimum Gasteiger partial charge on any atom is -0.333 e. The van der Waals surface area contributed by atoms with E-state index in [0.717, 1.165) is 29.2 Å². The van der Waals surface area contributed by atoms with Crippen molar-refractivity contribution in [2.75, 3.05) is 7.05 Å². The maximum atomic E-state index is 5.41. The molecule has 1 aliphatic heterocycles. The van der Waals surface area contributed by atoms with Gasteiger partial charge in [0.25, 0.3) is 0 Å². The zero-order valence-electron chi connectivity index (χ0n) is 30.1. The average Bonchev–Trinajstić information content (AvgIpc) is 3.18. The van der Waals surface area contributed by atoms with E-state index < -0.39 is 0 Å². The SMILES string of the molecule is CC1=CC=CC2=C(C3N=C(c4ccc(-c5cccc6c(C)cccc56)cc4)N=C(c4ccc(-c5cccc6c(C)cccc56)cc4)N3C)C=CCC12. The van der Waals surface area contributed by atoms with Crippen LogP contribution in [0.4, 0.5) is 0 Å². The fourth-order valence-electron chi connectivity index (χ4n) is 8.30. The summed E-state index contributed by atoms with van der Waals surface area (Å²) < 4.78 is 0. The van der Waals surface area contributed by atoms with Gasteiger partial charge in [-0.2, -0.15) is 0 Å². The number of fused-ring (bicyclic) bond motifs is 3. The van der Waals surface area contributed by atoms with E-state index in [1.54, 1.807) is 0 Å². The molecule has 9 rings (SSSR count). The van der Waals surface area contributed by atoms with Gasteiger partial charge in [-0.1, -0.05) is 157 Å². The van der Waals surface area contributed by atoms with Gasteiger partial charge < -0.3 is 4.90 Å². The minimum absolute atomic E-state index is 0.214. The van der Waals surface area contributed by atoms with Gasteiger partial charge >= 0.3 is 0 Å². The van der Waals surface area contributed by atoms with Gasteiger partial charge in [0, 0.05) is 29.7 Å². The van der Waals surface area contributed by atoms with Crippen LogP contribution in [0.5, 0.6) is 0 Å². The zero-order chi connectivity index (χ0) is 35.3. The van der Waals surface area contributed by atoms with Crippen molar-refractivity contribution in [1.82, 2.24) is 4.90 Å². The Hall–Kier alpha value is -6.06. The Morgan fingerprint density at radius 1 is 0.558 bits per heavy atom. The van der Waals surface area contributed by atoms with E-state index in [1.165, 1.54) is 71.6 Å². The van der Waals surface area contributed by atoms with Gasteiger partial charge in [-0.15, -0.1) is 0 Å². The monoisotopic (exact) mass is 671 g/mol. The highest BCUT2D eigenvalue weighted by molar-refractivity contribution is 6.13. The Kier molecular flexibility index (Phi) is 7.92. The predicted octanol–water partition coefficient (Wildman–Crippen LogP) is 11.8. The number of likely N-dealkylation sites (N-methyl/N-ethyl adjacent to an activating group) is 1. The molecule has 2 unspecified atom stereocenters. The van der Waals surface area contributed by atoms with Crippen molar-refractivity contribution in [2.24, 2.45) is 15.9 Å². The lowest BCUT2D eigenvalue weighted by atomic mass is 9.79. The second-order valence-electron chi connectivity index (χ2n) is 14.3. The number of allylic oxidation sites excluding steroid dienone is 6. The number of amidine groups is 2. The number of aryl methyl sites for hydroxylation is 2. The lowest BCUT2D eigenvalue weighted by Gasteiger charge is -2.36. The lowest BCUT2D eigenvalue weighted by Crippen LogP contribution is -2.42. The van der Waals surface area contributed by atoms with E-state index in [2.05, 4.69) is 184 Å². The Balaban J connectivity index is 1.13. The molecule has 252 valence electrons. The maximum absolute atomic E-state index is 5.41. The smallest absolute Gasteiger partial charge is 0.159 e. The molecule has 0 fully saturated rings. The quantitative estimate of drug-likeness (QED) is 0.179. The number of hydrogen-bond donors (Lipinski definition) is 0. The van der Waals surface area contributed by atoms with E-state index in [1.807, 2.05) is 0 Å². The molecule has 0 amide bonds. The fourth-order valence-corrected chi connectivity index (χ4v) is 8.30. The van der Waals surface area contributed by atoms with Crippen LogP contribution in [-0.4, -0.2) is 29.8 Å². The number of aliphatic imine (C=N–C) groups is 2. The molecular formula is C49H41N3. The Labute approximate surface area is 306 Å². The molecule has 6 aromatic rings. The molecule has 2 aliphatic carbocycles. The van der Waals surface area contributed by atoms with Crippen molar-refractivity contribution in [3.05, 3.63) is 191 Å². The van der Waals surface area contributed by atoms with Gasteiger partial charge in [-0.05, 0) is 87.7 Å². The van der Waals surface area contributed by atoms with Crippen LogP contribution in [0.2, 0.25) is 0 Å². The first-order valence-electron chi connectivity index (χ1n) is 18.3. The third kappa shape index (κ3) is 5.45. The lowest BCUT2D eigenvalue weighted by molar-refractivity contribution is 0.416. The molecule has 3 heteroatoms. The van der Waals surface area contributed by atoms with E-state index in [0.29, 0.717) is 5.92 Å². The first kappa shape index (κ1) is 31.9. The van der Waals surface area contributed by atoms with Gasteiger partial charge in [-0.25, -0.2) is 9.98 Å². The van der Waals surface area contributed by atoms with Gasteiger partial charge in [-0.3, -0.25) is 0 Å². The molecule has 6 aromatic carbocycles. The topological polar surface area (TPSA) is 28.0 Å². The summed E-state index contributed by atoms with van der Waals surface area (Å²) >= 11 is 0. The van der Waals surface area contributed by atoms with Gasteiger partial charge in [0.2, 0.25) is 0 Å². The van der Waals surface area contributed by atoms with Crippen LogP contribution in [0, 0.1) is 19.8 Å². The van der Waals surface area contributed by atoms with Crippen LogP contribution in [0.3, 0.4) is 0 Å². The van der Waals surface area contributed by atoms with Crippen LogP contribution in [0.15, 0.2) is 178 Å². The molecule has 0 spiro atoms. The molecular weight excluding hydrogens is 631 g/mol. The second-order valence-corrected chi connectivity index (χ2v) is 14.3. The summed E-state index contributed by atoms with van der Waals surface area (Å²) in [5.74, 6) is 2.05. The Bertz CT molecular complexity index is 2580. The van der Waals surface area contributed by atoms with Crippen LogP contribution >= 0.6 is 0 Å². The number of rotatable bonds is 5. The Morgan fingerprint density at radius 3 is 1.71 bits per heavy atom. The first-order chi connectivity index (χ1) is 25.4. The fraction of sp³-hybridized carbons (Fsp3) is 0.143. The molecule has 2 atom stereocenters. The summed E-state index contributed by atoms with van der Waals surface area (Å²) in [5.41, 5.74) is 13.5. The van der Waals surface area contributed by atoms with Gasteiger partial charge in [0.05, 0.1) is 0 Å². The normalized spacial score (nSPS) is 18.4. The number of nitrogens with zero attached hydrogens (tertiary/aromatic N) is 3. The summed E-state index contributed by atoms with van der Waals surface area (Å²) in [6, 6.07) is 44.0. The van der Waals surface area contributed by atoms with Crippen molar-refractivity contribution in [2.45, 2.75) is 33.4 Å². The summed E-state index contributed by atoms with van der Waals surface area (Å²) in [7, 11) is 2.14. The third-order valence-electron chi connectivity index (χ3n) is 11.2. The van der Waals surface area contributed by atoms with Crippen molar-refractivity contribution < 1.29 is 0 Å². The summed E-state index contributed by atoms with van der Waals surface area (Å²) in [4.78, 5) is 13.0. The van der Waals surface area contributed by atoms with Gasteiger partial charge in [0.1, 0.15) is 5.84 Å². The maximum Gasteiger partial charge on any atom is 0.159 e. The van der Waals surface area contributed by atoms with Gasteiger partial charge in [0.15, 0.2) is 12.0 Å². The standard InChI is InChI=1S/C49H41N3/c1-31-11-5-19-43-38(31)14-8-17-41(43)34-23-27-36(28-24-34)47-50-48(52(4)49(51-47)46-22-10-16-40-33(3)13-7-21-45(40)46)37-29-25-35(26-30-37)42-18-9-15-39-32(2)12-6-20-44(39)42/h5-15,17-30,40,49H,16H2,1-4H3. The van der Waals surface area contributed by atoms with E-state index in [4.69, 9.17) is 9.98 Å². The zero-order valence-corrected chi connectivity index (χ0v) is 30.1. The van der Waals surface area contributed by atoms with E-state index >= 15 is 0 Å². The molecule has 0 saturated carbocycles. The largest absolute Gasteiger partial charge is 0.333 e. The van der Waals surface area contributed by atoms with Crippen LogP contribution < -0.4 is 0 Å². The first-order valence-corrected chi connectivity index (χ1v) is 18.3. The number of benzene rings is 6. The van der Waals surface area contributed by atoms with Crippen molar-refractivity contribution >= 4 is 33.2 Å². The van der Waals surface area contributed by atoms with Crippen molar-refractivity contribution in [3.63, 3.8) is 0 Å².